The summed E-state index contributed by atoms with van der Waals surface area (Å²) in [7, 11) is 1.02. The van der Waals surface area contributed by atoms with E-state index in [1.807, 2.05) is 0 Å². The molecule has 0 saturated carbocycles. The molecule has 0 unspecified atom stereocenters. The number of hydrogen-bond donors (Lipinski definition) is 0. The molecule has 0 aliphatic carbocycles. The maximum absolute atomic E-state index is 12.6. The lowest BCUT2D eigenvalue weighted by molar-refractivity contribution is 0.336. The fraction of sp³-hybridized carbons (Fsp3) is 0.263. The predicted octanol–water partition coefficient (Wildman–Crippen LogP) is 3.48. The number of rotatable bonds is 8. The first-order valence-electron chi connectivity index (χ1n) is 8.56. The van der Waals surface area contributed by atoms with E-state index in [1.54, 1.807) is 49.6 Å². The molecule has 0 spiro atoms. The van der Waals surface area contributed by atoms with Crippen molar-refractivity contribution in [2.45, 2.75) is 12.3 Å². The first kappa shape index (κ1) is 21.3. The van der Waals surface area contributed by atoms with Gasteiger partial charge in [0.25, 0.3) is 0 Å². The minimum atomic E-state index is -3.55. The van der Waals surface area contributed by atoms with E-state index in [1.165, 1.54) is 18.5 Å². The quantitative estimate of drug-likeness (QED) is 0.485. The monoisotopic (exact) mass is 481 g/mol. The van der Waals surface area contributed by atoms with Crippen molar-refractivity contribution in [3.63, 3.8) is 0 Å². The van der Waals surface area contributed by atoms with Crippen molar-refractivity contribution in [1.82, 2.24) is 14.4 Å². The Bertz CT molecular complexity index is 1080. The van der Waals surface area contributed by atoms with Gasteiger partial charge in [0.1, 0.15) is 0 Å². The lowest BCUT2D eigenvalue weighted by Crippen LogP contribution is -2.27. The number of benzene rings is 2. The van der Waals surface area contributed by atoms with E-state index in [0.717, 1.165) is 4.47 Å². The lowest BCUT2D eigenvalue weighted by atomic mass is 10.2. The van der Waals surface area contributed by atoms with Crippen LogP contribution in [0.3, 0.4) is 0 Å². The average molecular weight is 482 g/mol. The zero-order chi connectivity index (χ0) is 21.0. The van der Waals surface area contributed by atoms with Crippen LogP contribution in [0.2, 0.25) is 0 Å². The van der Waals surface area contributed by atoms with Crippen LogP contribution in [-0.4, -0.2) is 44.1 Å². The van der Waals surface area contributed by atoms with Crippen molar-refractivity contribution >= 4 is 26.0 Å². The molecule has 10 heteroatoms. The second-order valence-electron chi connectivity index (χ2n) is 6.22. The van der Waals surface area contributed by atoms with Crippen LogP contribution in [0.1, 0.15) is 11.5 Å². The highest BCUT2D eigenvalue weighted by molar-refractivity contribution is 9.10. The van der Waals surface area contributed by atoms with Crippen LogP contribution in [-0.2, 0) is 22.3 Å². The van der Waals surface area contributed by atoms with Gasteiger partial charge in [-0.25, -0.2) is 8.42 Å². The number of aromatic nitrogens is 2. The Kier molecular flexibility index (Phi) is 6.56. The van der Waals surface area contributed by atoms with Crippen LogP contribution >= 0.6 is 15.9 Å². The smallest absolute Gasteiger partial charge is 0.242 e. The van der Waals surface area contributed by atoms with Gasteiger partial charge in [-0.3, -0.25) is 0 Å². The van der Waals surface area contributed by atoms with Crippen LogP contribution in [0.25, 0.3) is 11.4 Å². The van der Waals surface area contributed by atoms with Crippen molar-refractivity contribution in [2.24, 2.45) is 0 Å². The van der Waals surface area contributed by atoms with E-state index in [9.17, 15) is 8.42 Å². The van der Waals surface area contributed by atoms with Gasteiger partial charge >= 0.3 is 0 Å². The number of hydrogen-bond acceptors (Lipinski definition) is 7. The Hall–Kier alpha value is -2.43. The Morgan fingerprint density at radius 2 is 1.76 bits per heavy atom. The van der Waals surface area contributed by atoms with Gasteiger partial charge in [0.05, 0.1) is 26.5 Å². The van der Waals surface area contributed by atoms with E-state index in [-0.39, 0.29) is 18.2 Å². The Morgan fingerprint density at radius 3 is 2.41 bits per heavy atom. The molecule has 0 atom stereocenters. The summed E-state index contributed by atoms with van der Waals surface area (Å²) in [4.78, 5) is 4.30. The number of nitrogens with zero attached hydrogens (tertiary/aromatic N) is 3. The zero-order valence-corrected chi connectivity index (χ0v) is 18.5. The minimum Gasteiger partial charge on any atom is -0.493 e. The minimum absolute atomic E-state index is 0.0286. The molecule has 154 valence electrons. The summed E-state index contributed by atoms with van der Waals surface area (Å²) in [6.07, 6.45) is 0. The summed E-state index contributed by atoms with van der Waals surface area (Å²) >= 11 is 3.33. The topological polar surface area (TPSA) is 94.8 Å². The highest BCUT2D eigenvalue weighted by atomic mass is 79.9. The summed E-state index contributed by atoms with van der Waals surface area (Å²) in [6, 6.07) is 12.4. The van der Waals surface area contributed by atoms with Crippen molar-refractivity contribution < 1.29 is 22.4 Å². The van der Waals surface area contributed by atoms with E-state index < -0.39 is 10.0 Å². The third-order valence-electron chi connectivity index (χ3n) is 4.20. The Labute approximate surface area is 177 Å². The Morgan fingerprint density at radius 1 is 1.07 bits per heavy atom. The van der Waals surface area contributed by atoms with Gasteiger partial charge in [-0.05, 0) is 35.9 Å². The molecular weight excluding hydrogens is 462 g/mol. The third kappa shape index (κ3) is 5.14. The van der Waals surface area contributed by atoms with Crippen LogP contribution in [0.4, 0.5) is 0 Å². The van der Waals surface area contributed by atoms with Crippen LogP contribution < -0.4 is 9.47 Å². The molecular formula is C19H20BrN3O5S. The first-order valence-corrected chi connectivity index (χ1v) is 11.0. The van der Waals surface area contributed by atoms with Crippen molar-refractivity contribution in [3.05, 3.63) is 58.4 Å². The van der Waals surface area contributed by atoms with Gasteiger partial charge in [0.15, 0.2) is 11.5 Å². The molecule has 0 aliphatic heterocycles. The first-order chi connectivity index (χ1) is 13.8. The van der Waals surface area contributed by atoms with Gasteiger partial charge in [0, 0.05) is 17.1 Å². The molecule has 3 aromatic rings. The van der Waals surface area contributed by atoms with Crippen molar-refractivity contribution in [2.75, 3.05) is 21.3 Å². The normalized spacial score (nSPS) is 11.6. The predicted molar refractivity (Wildman–Crippen MR) is 111 cm³/mol. The molecule has 1 heterocycles. The van der Waals surface area contributed by atoms with Crippen LogP contribution in [0.5, 0.6) is 11.5 Å². The standard InChI is InChI=1S/C19H20BrN3O5S/c1-23(29(24,25)12-13-4-7-15(20)8-5-13)11-18-21-19(22-28-18)14-6-9-16(26-2)17(10-14)27-3/h4-10H,11-12H2,1-3H3. The maximum atomic E-state index is 12.6. The summed E-state index contributed by atoms with van der Waals surface area (Å²) < 4.78 is 43.0. The average Bonchev–Trinajstić information content (AvgIpc) is 3.17. The lowest BCUT2D eigenvalue weighted by Gasteiger charge is -2.15. The second-order valence-corrected chi connectivity index (χ2v) is 9.21. The van der Waals surface area contributed by atoms with Crippen LogP contribution in [0.15, 0.2) is 51.5 Å². The summed E-state index contributed by atoms with van der Waals surface area (Å²) in [6.45, 7) is -0.0286. The zero-order valence-electron chi connectivity index (χ0n) is 16.1. The van der Waals surface area contributed by atoms with Crippen molar-refractivity contribution in [3.8, 4) is 22.9 Å². The molecule has 0 aliphatic rings. The van der Waals surface area contributed by atoms with Gasteiger partial charge in [-0.15, -0.1) is 0 Å². The van der Waals surface area contributed by atoms with Gasteiger partial charge in [0.2, 0.25) is 21.7 Å². The fourth-order valence-corrected chi connectivity index (χ4v) is 4.01. The van der Waals surface area contributed by atoms with Gasteiger partial charge in [-0.1, -0.05) is 33.2 Å². The number of ether oxygens (including phenoxy) is 2. The van der Waals surface area contributed by atoms with Crippen LogP contribution in [0, 0.1) is 0 Å². The van der Waals surface area contributed by atoms with E-state index in [2.05, 4.69) is 26.1 Å². The highest BCUT2D eigenvalue weighted by Crippen LogP contribution is 2.31. The second kappa shape index (κ2) is 8.93. The molecule has 0 N–H and O–H groups in total. The molecule has 0 bridgehead atoms. The molecule has 3 rings (SSSR count). The third-order valence-corrected chi connectivity index (χ3v) is 6.51. The fourth-order valence-electron chi connectivity index (χ4n) is 2.60. The maximum Gasteiger partial charge on any atom is 0.242 e. The van der Waals surface area contributed by atoms with Gasteiger partial charge < -0.3 is 14.0 Å². The largest absolute Gasteiger partial charge is 0.493 e. The van der Waals surface area contributed by atoms with Gasteiger partial charge in [-0.2, -0.15) is 9.29 Å². The Balaban J connectivity index is 1.73. The summed E-state index contributed by atoms with van der Waals surface area (Å²) in [5, 5.41) is 3.94. The molecule has 29 heavy (non-hydrogen) atoms. The van der Waals surface area contributed by atoms with E-state index >= 15 is 0 Å². The van der Waals surface area contributed by atoms with E-state index in [0.29, 0.717) is 28.5 Å². The summed E-state index contributed by atoms with van der Waals surface area (Å²) in [5.74, 6) is 1.52. The molecule has 0 radical (unpaired) electrons. The molecule has 0 saturated heterocycles. The number of sulfonamides is 1. The van der Waals surface area contributed by atoms with Crippen molar-refractivity contribution in [1.29, 1.82) is 0 Å². The molecule has 8 nitrogen and oxygen atoms in total. The number of halogens is 1. The highest BCUT2D eigenvalue weighted by Gasteiger charge is 2.22. The molecule has 1 aromatic heterocycles. The summed E-state index contributed by atoms with van der Waals surface area (Å²) in [5.41, 5.74) is 1.36. The molecule has 0 fully saturated rings. The molecule has 2 aromatic carbocycles. The molecule has 0 amide bonds. The SMILES string of the molecule is COc1ccc(-c2noc(CN(C)S(=O)(=O)Cc3ccc(Br)cc3)n2)cc1OC. The number of methoxy groups -OCH3 is 2. The van der Waals surface area contributed by atoms with E-state index in [4.69, 9.17) is 14.0 Å².